The zero-order valence-corrected chi connectivity index (χ0v) is 7.03. The van der Waals surface area contributed by atoms with Crippen molar-refractivity contribution in [2.75, 3.05) is 0 Å². The molecule has 1 aliphatic rings. The van der Waals surface area contributed by atoms with Crippen molar-refractivity contribution in [2.24, 2.45) is 5.92 Å². The maximum absolute atomic E-state index is 8.70. The molecule has 0 amide bonds. The van der Waals surface area contributed by atoms with E-state index in [2.05, 4.69) is 11.4 Å². The molecule has 2 heteroatoms. The predicted octanol–water partition coefficient (Wildman–Crippen LogP) is 2.57. The lowest BCUT2D eigenvalue weighted by Gasteiger charge is -1.92. The van der Waals surface area contributed by atoms with Gasteiger partial charge < -0.3 is 0 Å². The summed E-state index contributed by atoms with van der Waals surface area (Å²) in [4.78, 5) is 0. The molecule has 1 aromatic heterocycles. The van der Waals surface area contributed by atoms with Crippen LogP contribution in [-0.2, 0) is 6.42 Å². The molecule has 0 radical (unpaired) electrons. The van der Waals surface area contributed by atoms with E-state index in [-0.39, 0.29) is 0 Å². The van der Waals surface area contributed by atoms with Crippen LogP contribution in [0.15, 0.2) is 10.8 Å². The van der Waals surface area contributed by atoms with E-state index in [9.17, 15) is 0 Å². The topological polar surface area (TPSA) is 23.8 Å². The van der Waals surface area contributed by atoms with Crippen molar-refractivity contribution in [3.63, 3.8) is 0 Å². The average molecular weight is 163 g/mol. The summed E-state index contributed by atoms with van der Waals surface area (Å²) in [6, 6.07) is 2.22. The van der Waals surface area contributed by atoms with E-state index in [1.807, 2.05) is 5.38 Å². The zero-order chi connectivity index (χ0) is 7.68. The predicted molar refractivity (Wildman–Crippen MR) is 45.5 cm³/mol. The molecule has 0 saturated heterocycles. The molecule has 56 valence electrons. The van der Waals surface area contributed by atoms with E-state index in [0.717, 1.165) is 17.9 Å². The fourth-order valence-corrected chi connectivity index (χ4v) is 2.01. The molecule has 1 saturated carbocycles. The number of thiophene rings is 1. The van der Waals surface area contributed by atoms with E-state index >= 15 is 0 Å². The summed E-state index contributed by atoms with van der Waals surface area (Å²) >= 11 is 1.64. The Morgan fingerprint density at radius 1 is 1.55 bits per heavy atom. The average Bonchev–Trinajstić information content (AvgIpc) is 2.68. The molecular formula is C9H9NS. The first-order valence-electron chi connectivity index (χ1n) is 3.85. The highest BCUT2D eigenvalue weighted by molar-refractivity contribution is 7.08. The van der Waals surface area contributed by atoms with Crippen LogP contribution in [0.2, 0.25) is 0 Å². The SMILES string of the molecule is N#Cc1cscc1CC1CC1. The van der Waals surface area contributed by atoms with Crippen molar-refractivity contribution in [1.29, 1.82) is 5.26 Å². The minimum Gasteiger partial charge on any atom is -0.192 e. The number of nitriles is 1. The first-order valence-corrected chi connectivity index (χ1v) is 4.79. The van der Waals surface area contributed by atoms with Crippen LogP contribution in [0, 0.1) is 17.2 Å². The molecule has 1 fully saturated rings. The highest BCUT2D eigenvalue weighted by Gasteiger charge is 2.22. The van der Waals surface area contributed by atoms with Gasteiger partial charge in [-0.1, -0.05) is 0 Å². The molecule has 1 heterocycles. The monoisotopic (exact) mass is 163 g/mol. The van der Waals surface area contributed by atoms with Gasteiger partial charge in [0.05, 0.1) is 5.56 Å². The lowest BCUT2D eigenvalue weighted by Crippen LogP contribution is -1.86. The third-order valence-corrected chi connectivity index (χ3v) is 2.86. The maximum atomic E-state index is 8.70. The lowest BCUT2D eigenvalue weighted by atomic mass is 10.1. The fourth-order valence-electron chi connectivity index (χ4n) is 1.21. The molecule has 0 bridgehead atoms. The van der Waals surface area contributed by atoms with Gasteiger partial charge in [-0.2, -0.15) is 16.6 Å². The van der Waals surface area contributed by atoms with E-state index in [1.54, 1.807) is 11.3 Å². The Balaban J connectivity index is 2.15. The van der Waals surface area contributed by atoms with Crippen molar-refractivity contribution in [3.05, 3.63) is 21.9 Å². The van der Waals surface area contributed by atoms with Crippen molar-refractivity contribution in [3.8, 4) is 6.07 Å². The molecular weight excluding hydrogens is 154 g/mol. The molecule has 1 nitrogen and oxygen atoms in total. The zero-order valence-electron chi connectivity index (χ0n) is 6.21. The Hall–Kier alpha value is -0.810. The van der Waals surface area contributed by atoms with Gasteiger partial charge in [0.1, 0.15) is 6.07 Å². The van der Waals surface area contributed by atoms with E-state index in [4.69, 9.17) is 5.26 Å². The number of rotatable bonds is 2. The van der Waals surface area contributed by atoms with Gasteiger partial charge in [-0.3, -0.25) is 0 Å². The number of hydrogen-bond donors (Lipinski definition) is 0. The van der Waals surface area contributed by atoms with E-state index in [0.29, 0.717) is 0 Å². The normalized spacial score (nSPS) is 16.3. The van der Waals surface area contributed by atoms with Crippen molar-refractivity contribution in [1.82, 2.24) is 0 Å². The number of nitrogens with zero attached hydrogens (tertiary/aromatic N) is 1. The second-order valence-corrected chi connectivity index (χ2v) is 3.81. The van der Waals surface area contributed by atoms with Gasteiger partial charge in [0.25, 0.3) is 0 Å². The van der Waals surface area contributed by atoms with Crippen molar-refractivity contribution in [2.45, 2.75) is 19.3 Å². The fraction of sp³-hybridized carbons (Fsp3) is 0.444. The Kier molecular flexibility index (Phi) is 1.67. The van der Waals surface area contributed by atoms with Crippen LogP contribution in [0.3, 0.4) is 0 Å². The molecule has 0 aromatic carbocycles. The van der Waals surface area contributed by atoms with Crippen LogP contribution >= 0.6 is 11.3 Å². The standard InChI is InChI=1S/C9H9NS/c10-4-9-6-11-5-8(9)3-7-1-2-7/h5-7H,1-3H2. The molecule has 1 aromatic rings. The van der Waals surface area contributed by atoms with Gasteiger partial charge in [-0.15, -0.1) is 0 Å². The summed E-state index contributed by atoms with van der Waals surface area (Å²) in [6.45, 7) is 0. The largest absolute Gasteiger partial charge is 0.192 e. The van der Waals surface area contributed by atoms with Crippen molar-refractivity contribution >= 4 is 11.3 Å². The molecule has 0 N–H and O–H groups in total. The van der Waals surface area contributed by atoms with Gasteiger partial charge in [0.15, 0.2) is 0 Å². The Bertz CT molecular complexity index is 291. The summed E-state index contributed by atoms with van der Waals surface area (Å²) in [7, 11) is 0. The minimum absolute atomic E-state index is 0.886. The smallest absolute Gasteiger partial charge is 0.100 e. The van der Waals surface area contributed by atoms with E-state index < -0.39 is 0 Å². The second kappa shape index (κ2) is 2.67. The highest BCUT2D eigenvalue weighted by atomic mass is 32.1. The molecule has 0 spiro atoms. The molecule has 1 aliphatic carbocycles. The van der Waals surface area contributed by atoms with E-state index in [1.165, 1.54) is 18.4 Å². The first-order chi connectivity index (χ1) is 5.40. The quantitative estimate of drug-likeness (QED) is 0.657. The molecule has 0 aliphatic heterocycles. The van der Waals surface area contributed by atoms with Crippen LogP contribution in [0.25, 0.3) is 0 Å². The summed E-state index contributed by atoms with van der Waals surface area (Å²) in [5, 5.41) is 12.7. The van der Waals surface area contributed by atoms with Gasteiger partial charge in [0.2, 0.25) is 0 Å². The maximum Gasteiger partial charge on any atom is 0.100 e. The van der Waals surface area contributed by atoms with Crippen molar-refractivity contribution < 1.29 is 0 Å². The van der Waals surface area contributed by atoms with Crippen LogP contribution in [0.1, 0.15) is 24.0 Å². The van der Waals surface area contributed by atoms with Gasteiger partial charge in [-0.25, -0.2) is 0 Å². The van der Waals surface area contributed by atoms with Gasteiger partial charge in [0, 0.05) is 5.38 Å². The Morgan fingerprint density at radius 3 is 3.00 bits per heavy atom. The summed E-state index contributed by atoms with van der Waals surface area (Å²) < 4.78 is 0. The van der Waals surface area contributed by atoms with Crippen LogP contribution in [0.4, 0.5) is 0 Å². The first kappa shape index (κ1) is 6.87. The molecule has 0 atom stereocenters. The Labute approximate surface area is 70.3 Å². The minimum atomic E-state index is 0.886. The lowest BCUT2D eigenvalue weighted by molar-refractivity contribution is 0.833. The number of hydrogen-bond acceptors (Lipinski definition) is 2. The van der Waals surface area contributed by atoms with Gasteiger partial charge in [-0.05, 0) is 36.1 Å². The highest BCUT2D eigenvalue weighted by Crippen LogP contribution is 2.34. The van der Waals surface area contributed by atoms with Crippen LogP contribution < -0.4 is 0 Å². The van der Waals surface area contributed by atoms with Gasteiger partial charge >= 0.3 is 0 Å². The molecule has 11 heavy (non-hydrogen) atoms. The Morgan fingerprint density at radius 2 is 2.36 bits per heavy atom. The summed E-state index contributed by atoms with van der Waals surface area (Å²) in [5.41, 5.74) is 2.15. The summed E-state index contributed by atoms with van der Waals surface area (Å²) in [5.74, 6) is 0.886. The second-order valence-electron chi connectivity index (χ2n) is 3.07. The molecule has 2 rings (SSSR count). The van der Waals surface area contributed by atoms with Crippen LogP contribution in [-0.4, -0.2) is 0 Å². The van der Waals surface area contributed by atoms with Crippen LogP contribution in [0.5, 0.6) is 0 Å². The third-order valence-electron chi connectivity index (χ3n) is 2.07. The third kappa shape index (κ3) is 1.44. The summed E-state index contributed by atoms with van der Waals surface area (Å²) in [6.07, 6.45) is 3.85. The molecule has 0 unspecified atom stereocenters.